The lowest BCUT2D eigenvalue weighted by atomic mass is 9.73. The molecule has 19 heavy (non-hydrogen) atoms. The number of amides is 1. The SMILES string of the molecule is CCCC(CNC(=O)C1(CN)CCCCC1)C(=O)O. The minimum absolute atomic E-state index is 0.0583. The monoisotopic (exact) mass is 270 g/mol. The van der Waals surface area contributed by atoms with Crippen LogP contribution in [0.3, 0.4) is 0 Å². The highest BCUT2D eigenvalue weighted by Gasteiger charge is 2.38. The smallest absolute Gasteiger partial charge is 0.308 e. The minimum Gasteiger partial charge on any atom is -0.481 e. The van der Waals surface area contributed by atoms with Crippen LogP contribution in [-0.2, 0) is 9.59 Å². The van der Waals surface area contributed by atoms with Crippen LogP contribution in [0.15, 0.2) is 0 Å². The Kier molecular flexibility index (Phi) is 6.28. The largest absolute Gasteiger partial charge is 0.481 e. The van der Waals surface area contributed by atoms with Crippen LogP contribution in [0.1, 0.15) is 51.9 Å². The molecule has 1 saturated carbocycles. The van der Waals surface area contributed by atoms with Crippen LogP contribution in [0.4, 0.5) is 0 Å². The quantitative estimate of drug-likeness (QED) is 0.654. The molecule has 4 N–H and O–H groups in total. The predicted molar refractivity (Wildman–Crippen MR) is 73.6 cm³/mol. The van der Waals surface area contributed by atoms with Crippen molar-refractivity contribution in [1.82, 2.24) is 5.32 Å². The molecule has 1 unspecified atom stereocenters. The average Bonchev–Trinajstić information content (AvgIpc) is 2.43. The summed E-state index contributed by atoms with van der Waals surface area (Å²) in [4.78, 5) is 23.3. The highest BCUT2D eigenvalue weighted by Crippen LogP contribution is 2.35. The van der Waals surface area contributed by atoms with E-state index in [4.69, 9.17) is 10.8 Å². The zero-order valence-electron chi connectivity index (χ0n) is 11.8. The maximum Gasteiger partial charge on any atom is 0.308 e. The maximum absolute atomic E-state index is 12.3. The second kappa shape index (κ2) is 7.48. The molecule has 1 aliphatic rings. The molecule has 5 heteroatoms. The average molecular weight is 270 g/mol. The molecule has 0 radical (unpaired) electrons. The maximum atomic E-state index is 12.3. The van der Waals surface area contributed by atoms with Crippen molar-refractivity contribution in [3.8, 4) is 0 Å². The molecule has 0 aliphatic heterocycles. The van der Waals surface area contributed by atoms with Crippen molar-refractivity contribution in [3.63, 3.8) is 0 Å². The summed E-state index contributed by atoms with van der Waals surface area (Å²) < 4.78 is 0. The molecule has 0 aromatic rings. The number of aliphatic carboxylic acids is 1. The first-order valence-electron chi connectivity index (χ1n) is 7.27. The van der Waals surface area contributed by atoms with Crippen molar-refractivity contribution in [2.24, 2.45) is 17.1 Å². The molecular formula is C14H26N2O3. The lowest BCUT2D eigenvalue weighted by molar-refractivity contribution is -0.142. The first kappa shape index (κ1) is 16.0. The Labute approximate surface area is 114 Å². The highest BCUT2D eigenvalue weighted by molar-refractivity contribution is 5.83. The number of hydrogen-bond acceptors (Lipinski definition) is 3. The summed E-state index contributed by atoms with van der Waals surface area (Å²) in [7, 11) is 0. The predicted octanol–water partition coefficient (Wildman–Crippen LogP) is 1.51. The second-order valence-corrected chi connectivity index (χ2v) is 5.58. The number of hydrogen-bond donors (Lipinski definition) is 3. The summed E-state index contributed by atoms with van der Waals surface area (Å²) in [5.41, 5.74) is 5.32. The molecule has 1 amide bonds. The highest BCUT2D eigenvalue weighted by atomic mass is 16.4. The number of nitrogens with one attached hydrogen (secondary N) is 1. The van der Waals surface area contributed by atoms with Gasteiger partial charge in [0.1, 0.15) is 0 Å². The number of carboxylic acids is 1. The number of nitrogens with two attached hydrogens (primary N) is 1. The van der Waals surface area contributed by atoms with Crippen molar-refractivity contribution < 1.29 is 14.7 Å². The normalized spacial score (nSPS) is 19.7. The van der Waals surface area contributed by atoms with Gasteiger partial charge in [0.05, 0.1) is 11.3 Å². The van der Waals surface area contributed by atoms with Crippen LogP contribution in [0.5, 0.6) is 0 Å². The van der Waals surface area contributed by atoms with Gasteiger partial charge in [-0.05, 0) is 19.3 Å². The minimum atomic E-state index is -0.840. The molecule has 1 aliphatic carbocycles. The number of carbonyl (C=O) groups is 2. The van der Waals surface area contributed by atoms with Crippen molar-refractivity contribution >= 4 is 11.9 Å². The molecule has 0 saturated heterocycles. The number of carbonyl (C=O) groups excluding carboxylic acids is 1. The first-order valence-corrected chi connectivity index (χ1v) is 7.27. The van der Waals surface area contributed by atoms with E-state index in [0.29, 0.717) is 13.0 Å². The summed E-state index contributed by atoms with van der Waals surface area (Å²) in [6, 6.07) is 0. The summed E-state index contributed by atoms with van der Waals surface area (Å²) in [5.74, 6) is -1.39. The molecule has 0 aromatic heterocycles. The summed E-state index contributed by atoms with van der Waals surface area (Å²) in [5, 5.41) is 11.9. The van der Waals surface area contributed by atoms with E-state index in [2.05, 4.69) is 5.32 Å². The van der Waals surface area contributed by atoms with Crippen LogP contribution in [-0.4, -0.2) is 30.1 Å². The Balaban J connectivity index is 2.54. The van der Waals surface area contributed by atoms with Crippen LogP contribution in [0.2, 0.25) is 0 Å². The molecule has 5 nitrogen and oxygen atoms in total. The molecule has 1 rings (SSSR count). The Hall–Kier alpha value is -1.10. The van der Waals surface area contributed by atoms with Gasteiger partial charge in [-0.25, -0.2) is 0 Å². The Morgan fingerprint density at radius 3 is 2.42 bits per heavy atom. The fraction of sp³-hybridized carbons (Fsp3) is 0.857. The lowest BCUT2D eigenvalue weighted by Crippen LogP contribution is -2.48. The van der Waals surface area contributed by atoms with E-state index >= 15 is 0 Å². The molecule has 0 bridgehead atoms. The van der Waals surface area contributed by atoms with E-state index in [9.17, 15) is 9.59 Å². The van der Waals surface area contributed by atoms with Crippen LogP contribution in [0.25, 0.3) is 0 Å². The van der Waals surface area contributed by atoms with Crippen molar-refractivity contribution in [3.05, 3.63) is 0 Å². The van der Waals surface area contributed by atoms with Gasteiger partial charge in [-0.3, -0.25) is 9.59 Å². The number of carboxylic acid groups (broad SMARTS) is 1. The van der Waals surface area contributed by atoms with Crippen molar-refractivity contribution in [2.75, 3.05) is 13.1 Å². The second-order valence-electron chi connectivity index (χ2n) is 5.58. The molecule has 110 valence electrons. The van der Waals surface area contributed by atoms with Gasteiger partial charge < -0.3 is 16.2 Å². The Morgan fingerprint density at radius 2 is 1.95 bits per heavy atom. The summed E-state index contributed by atoms with van der Waals surface area (Å²) in [6.45, 7) is 2.51. The molecular weight excluding hydrogens is 244 g/mol. The van der Waals surface area contributed by atoms with E-state index in [0.717, 1.165) is 38.5 Å². The van der Waals surface area contributed by atoms with E-state index in [-0.39, 0.29) is 12.5 Å². The fourth-order valence-electron chi connectivity index (χ4n) is 2.82. The topological polar surface area (TPSA) is 92.4 Å². The van der Waals surface area contributed by atoms with Gasteiger partial charge in [-0.1, -0.05) is 32.6 Å². The third-order valence-electron chi connectivity index (χ3n) is 4.18. The van der Waals surface area contributed by atoms with Gasteiger partial charge in [-0.15, -0.1) is 0 Å². The molecule has 1 fully saturated rings. The van der Waals surface area contributed by atoms with Gasteiger partial charge in [-0.2, -0.15) is 0 Å². The zero-order valence-corrected chi connectivity index (χ0v) is 11.8. The standard InChI is InChI=1S/C14H26N2O3/c1-2-6-11(12(17)18)9-16-13(19)14(10-15)7-4-3-5-8-14/h11H,2-10,15H2,1H3,(H,16,19)(H,17,18). The van der Waals surface area contributed by atoms with Crippen LogP contribution < -0.4 is 11.1 Å². The van der Waals surface area contributed by atoms with Gasteiger partial charge in [0.2, 0.25) is 5.91 Å². The first-order chi connectivity index (χ1) is 9.05. The van der Waals surface area contributed by atoms with Crippen molar-refractivity contribution in [2.45, 2.75) is 51.9 Å². The van der Waals surface area contributed by atoms with Gasteiger partial charge in [0.25, 0.3) is 0 Å². The van der Waals surface area contributed by atoms with Gasteiger partial charge in [0, 0.05) is 13.1 Å². The van der Waals surface area contributed by atoms with Crippen LogP contribution in [0, 0.1) is 11.3 Å². The third-order valence-corrected chi connectivity index (χ3v) is 4.18. The van der Waals surface area contributed by atoms with Gasteiger partial charge >= 0.3 is 5.97 Å². The van der Waals surface area contributed by atoms with Crippen molar-refractivity contribution in [1.29, 1.82) is 0 Å². The van der Waals surface area contributed by atoms with E-state index < -0.39 is 17.3 Å². The number of rotatable bonds is 7. The molecule has 0 spiro atoms. The lowest BCUT2D eigenvalue weighted by Gasteiger charge is -2.34. The molecule has 1 atom stereocenters. The Bertz CT molecular complexity index is 312. The Morgan fingerprint density at radius 1 is 1.32 bits per heavy atom. The zero-order chi connectivity index (χ0) is 14.3. The fourth-order valence-corrected chi connectivity index (χ4v) is 2.82. The van der Waals surface area contributed by atoms with Gasteiger partial charge in [0.15, 0.2) is 0 Å². The molecule has 0 aromatic carbocycles. The summed E-state index contributed by atoms with van der Waals surface area (Å²) in [6.07, 6.45) is 6.24. The van der Waals surface area contributed by atoms with Crippen LogP contribution >= 0.6 is 0 Å². The summed E-state index contributed by atoms with van der Waals surface area (Å²) >= 11 is 0. The molecule has 0 heterocycles. The van der Waals surface area contributed by atoms with E-state index in [1.54, 1.807) is 0 Å². The van der Waals surface area contributed by atoms with E-state index in [1.165, 1.54) is 0 Å². The van der Waals surface area contributed by atoms with E-state index in [1.807, 2.05) is 6.92 Å². The third kappa shape index (κ3) is 4.20.